The second kappa shape index (κ2) is 9.78. The number of piperazine rings is 1. The fourth-order valence-electron chi connectivity index (χ4n) is 2.66. The van der Waals surface area contributed by atoms with Gasteiger partial charge in [0.15, 0.2) is 0 Å². The van der Waals surface area contributed by atoms with Crippen LogP contribution in [0.5, 0.6) is 0 Å². The third kappa shape index (κ3) is 5.86. The van der Waals surface area contributed by atoms with Crippen molar-refractivity contribution in [3.63, 3.8) is 0 Å². The third-order valence-corrected chi connectivity index (χ3v) is 3.93. The molecule has 25 heavy (non-hydrogen) atoms. The summed E-state index contributed by atoms with van der Waals surface area (Å²) in [6, 6.07) is 8.95. The van der Waals surface area contributed by atoms with E-state index in [2.05, 4.69) is 10.6 Å². The number of rotatable bonds is 8. The zero-order valence-electron chi connectivity index (χ0n) is 14.5. The van der Waals surface area contributed by atoms with Crippen molar-refractivity contribution in [2.75, 3.05) is 26.2 Å². The first-order valence-electron chi connectivity index (χ1n) is 8.59. The topological polar surface area (TPSA) is 87.7 Å². The zero-order chi connectivity index (χ0) is 18.1. The molecule has 0 aliphatic carbocycles. The summed E-state index contributed by atoms with van der Waals surface area (Å²) in [7, 11) is 0. The highest BCUT2D eigenvalue weighted by Gasteiger charge is 2.34. The van der Waals surface area contributed by atoms with Crippen LogP contribution in [-0.4, -0.2) is 55.0 Å². The van der Waals surface area contributed by atoms with E-state index < -0.39 is 12.0 Å². The first-order chi connectivity index (χ1) is 12.1. The van der Waals surface area contributed by atoms with Crippen LogP contribution in [0.1, 0.15) is 25.3 Å². The van der Waals surface area contributed by atoms with Crippen LogP contribution < -0.4 is 10.6 Å². The number of carbonyl (C=O) groups is 3. The number of nitrogens with zero attached hydrogens (tertiary/aromatic N) is 1. The van der Waals surface area contributed by atoms with Crippen molar-refractivity contribution >= 4 is 17.8 Å². The quantitative estimate of drug-likeness (QED) is 0.667. The lowest BCUT2D eigenvalue weighted by Crippen LogP contribution is -2.59. The van der Waals surface area contributed by atoms with Crippen molar-refractivity contribution in [2.24, 2.45) is 0 Å². The first-order valence-corrected chi connectivity index (χ1v) is 8.59. The van der Waals surface area contributed by atoms with E-state index in [0.29, 0.717) is 32.7 Å². The van der Waals surface area contributed by atoms with E-state index in [1.54, 1.807) is 0 Å². The number of benzene rings is 1. The zero-order valence-corrected chi connectivity index (χ0v) is 14.5. The van der Waals surface area contributed by atoms with Gasteiger partial charge >= 0.3 is 5.97 Å². The van der Waals surface area contributed by atoms with E-state index in [0.717, 1.165) is 5.56 Å². The van der Waals surface area contributed by atoms with E-state index in [1.165, 1.54) is 4.90 Å². The largest absolute Gasteiger partial charge is 0.466 e. The molecule has 0 spiro atoms. The van der Waals surface area contributed by atoms with E-state index in [9.17, 15) is 14.4 Å². The summed E-state index contributed by atoms with van der Waals surface area (Å²) < 4.78 is 5.04. The van der Waals surface area contributed by atoms with E-state index in [-0.39, 0.29) is 24.8 Å². The highest BCUT2D eigenvalue weighted by Crippen LogP contribution is 2.10. The number of esters is 1. The number of carbonyl (C=O) groups excluding carboxylic acids is 3. The third-order valence-electron chi connectivity index (χ3n) is 3.93. The molecule has 2 amide bonds. The lowest BCUT2D eigenvalue weighted by atomic mass is 10.1. The van der Waals surface area contributed by atoms with E-state index in [1.807, 2.05) is 37.3 Å². The SMILES string of the molecule is CCCOC(=O)CC1C(=O)NCCN1C(=O)CNCc1ccccc1. The molecule has 136 valence electrons. The second-order valence-electron chi connectivity index (χ2n) is 5.91. The molecule has 1 aliphatic heterocycles. The van der Waals surface area contributed by atoms with Gasteiger partial charge in [-0.05, 0) is 12.0 Å². The average molecular weight is 347 g/mol. The van der Waals surface area contributed by atoms with Crippen LogP contribution in [0.3, 0.4) is 0 Å². The minimum absolute atomic E-state index is 0.114. The maximum absolute atomic E-state index is 12.5. The summed E-state index contributed by atoms with van der Waals surface area (Å²) in [5.74, 6) is -0.964. The summed E-state index contributed by atoms with van der Waals surface area (Å²) in [5.41, 5.74) is 1.08. The van der Waals surface area contributed by atoms with Crippen LogP contribution in [0.2, 0.25) is 0 Å². The van der Waals surface area contributed by atoms with Gasteiger partial charge in [0.1, 0.15) is 6.04 Å². The Morgan fingerprint density at radius 3 is 2.80 bits per heavy atom. The van der Waals surface area contributed by atoms with E-state index in [4.69, 9.17) is 4.74 Å². The van der Waals surface area contributed by atoms with Crippen LogP contribution in [-0.2, 0) is 25.7 Å². The summed E-state index contributed by atoms with van der Waals surface area (Å²) >= 11 is 0. The number of amides is 2. The monoisotopic (exact) mass is 347 g/mol. The Morgan fingerprint density at radius 2 is 2.08 bits per heavy atom. The molecule has 1 aliphatic rings. The van der Waals surface area contributed by atoms with E-state index >= 15 is 0 Å². The molecule has 0 saturated carbocycles. The molecule has 1 saturated heterocycles. The molecule has 0 radical (unpaired) electrons. The van der Waals surface area contributed by atoms with Gasteiger partial charge in [-0.15, -0.1) is 0 Å². The molecule has 0 aromatic heterocycles. The molecule has 2 rings (SSSR count). The Morgan fingerprint density at radius 1 is 1.32 bits per heavy atom. The summed E-state index contributed by atoms with van der Waals surface area (Å²) in [4.78, 5) is 37.8. The predicted octanol–water partition coefficient (Wildman–Crippen LogP) is 0.447. The molecule has 1 atom stereocenters. The van der Waals surface area contributed by atoms with Gasteiger partial charge in [0.25, 0.3) is 0 Å². The molecule has 1 heterocycles. The number of nitrogens with one attached hydrogen (secondary N) is 2. The Kier molecular flexibility index (Phi) is 7.40. The van der Waals surface area contributed by atoms with Crippen LogP contribution in [0.25, 0.3) is 0 Å². The minimum Gasteiger partial charge on any atom is -0.466 e. The number of hydrogen-bond acceptors (Lipinski definition) is 5. The fourth-order valence-corrected chi connectivity index (χ4v) is 2.66. The molecule has 7 nitrogen and oxygen atoms in total. The van der Waals surface area contributed by atoms with Crippen molar-refractivity contribution in [1.29, 1.82) is 0 Å². The Labute approximate surface area is 147 Å². The maximum atomic E-state index is 12.5. The highest BCUT2D eigenvalue weighted by molar-refractivity contribution is 5.92. The Hall–Kier alpha value is -2.41. The molecular weight excluding hydrogens is 322 g/mol. The smallest absolute Gasteiger partial charge is 0.308 e. The molecular formula is C18H25N3O4. The second-order valence-corrected chi connectivity index (χ2v) is 5.91. The molecule has 2 N–H and O–H groups in total. The summed E-state index contributed by atoms with van der Waals surface area (Å²) in [5, 5.41) is 5.78. The van der Waals surface area contributed by atoms with Crippen LogP contribution in [0.15, 0.2) is 30.3 Å². The molecule has 7 heteroatoms. The van der Waals surface area contributed by atoms with Gasteiger partial charge in [-0.3, -0.25) is 14.4 Å². The van der Waals surface area contributed by atoms with Gasteiger partial charge in [-0.25, -0.2) is 0 Å². The molecule has 1 aromatic rings. The number of hydrogen-bond donors (Lipinski definition) is 2. The van der Waals surface area contributed by atoms with Gasteiger partial charge in [-0.1, -0.05) is 37.3 Å². The lowest BCUT2D eigenvalue weighted by Gasteiger charge is -2.34. The van der Waals surface area contributed by atoms with Crippen molar-refractivity contribution in [2.45, 2.75) is 32.4 Å². The van der Waals surface area contributed by atoms with Crippen LogP contribution in [0.4, 0.5) is 0 Å². The number of ether oxygens (including phenoxy) is 1. The van der Waals surface area contributed by atoms with Gasteiger partial charge in [-0.2, -0.15) is 0 Å². The Bertz CT molecular complexity index is 591. The fraction of sp³-hybridized carbons (Fsp3) is 0.500. The normalized spacial score (nSPS) is 17.1. The minimum atomic E-state index is -0.802. The highest BCUT2D eigenvalue weighted by atomic mass is 16.5. The van der Waals surface area contributed by atoms with Crippen molar-refractivity contribution < 1.29 is 19.1 Å². The Balaban J connectivity index is 1.88. The van der Waals surface area contributed by atoms with Gasteiger partial charge in [0.2, 0.25) is 11.8 Å². The van der Waals surface area contributed by atoms with Gasteiger partial charge < -0.3 is 20.3 Å². The molecule has 0 bridgehead atoms. The van der Waals surface area contributed by atoms with Crippen molar-refractivity contribution in [3.8, 4) is 0 Å². The average Bonchev–Trinajstić information content (AvgIpc) is 2.62. The van der Waals surface area contributed by atoms with Crippen molar-refractivity contribution in [3.05, 3.63) is 35.9 Å². The van der Waals surface area contributed by atoms with Crippen molar-refractivity contribution in [1.82, 2.24) is 15.5 Å². The summed E-state index contributed by atoms with van der Waals surface area (Å²) in [6.07, 6.45) is 0.602. The van der Waals surface area contributed by atoms with Crippen LogP contribution >= 0.6 is 0 Å². The van der Waals surface area contributed by atoms with Gasteiger partial charge in [0.05, 0.1) is 19.6 Å². The first kappa shape index (κ1) is 18.9. The summed E-state index contributed by atoms with van der Waals surface area (Å²) in [6.45, 7) is 3.68. The molecule has 1 aromatic carbocycles. The van der Waals surface area contributed by atoms with Gasteiger partial charge in [0, 0.05) is 19.6 Å². The maximum Gasteiger partial charge on any atom is 0.308 e. The molecule has 1 fully saturated rings. The standard InChI is InChI=1S/C18H25N3O4/c1-2-10-25-17(23)11-15-18(24)20-8-9-21(15)16(22)13-19-12-14-6-4-3-5-7-14/h3-7,15,19H,2,8-13H2,1H3,(H,20,24). The molecule has 1 unspecified atom stereocenters. The lowest BCUT2D eigenvalue weighted by molar-refractivity contribution is -0.151. The van der Waals surface area contributed by atoms with Crippen LogP contribution in [0, 0.1) is 0 Å². The predicted molar refractivity (Wildman–Crippen MR) is 92.5 cm³/mol.